The van der Waals surface area contributed by atoms with E-state index in [0.29, 0.717) is 16.7 Å². The Balaban J connectivity index is 2.10. The molecule has 1 unspecified atom stereocenters. The molecule has 0 saturated heterocycles. The van der Waals surface area contributed by atoms with Crippen LogP contribution in [0.5, 0.6) is 0 Å². The van der Waals surface area contributed by atoms with Gasteiger partial charge in [0.1, 0.15) is 0 Å². The molecule has 0 saturated carbocycles. The zero-order chi connectivity index (χ0) is 18.1. The monoisotopic (exact) mass is 336 g/mol. The maximum absolute atomic E-state index is 12.4. The van der Waals surface area contributed by atoms with E-state index >= 15 is 0 Å². The summed E-state index contributed by atoms with van der Waals surface area (Å²) in [4.78, 5) is 13.8. The fourth-order valence-electron chi connectivity index (χ4n) is 2.41. The van der Waals surface area contributed by atoms with Crippen molar-refractivity contribution in [2.24, 2.45) is 0 Å². The predicted molar refractivity (Wildman–Crippen MR) is 95.3 cm³/mol. The van der Waals surface area contributed by atoms with Crippen LogP contribution < -0.4 is 0 Å². The second-order valence-electron chi connectivity index (χ2n) is 5.47. The lowest BCUT2D eigenvalue weighted by molar-refractivity contribution is -0.127. The van der Waals surface area contributed by atoms with Crippen molar-refractivity contribution in [1.82, 2.24) is 4.90 Å². The van der Waals surface area contributed by atoms with E-state index in [4.69, 9.17) is 5.26 Å². The zero-order valence-electron chi connectivity index (χ0n) is 13.7. The summed E-state index contributed by atoms with van der Waals surface area (Å²) in [6.07, 6.45) is 2.08. The summed E-state index contributed by atoms with van der Waals surface area (Å²) in [5.74, 6) is -0.336. The van der Waals surface area contributed by atoms with Gasteiger partial charge in [-0.25, -0.2) is 0 Å². The van der Waals surface area contributed by atoms with Gasteiger partial charge in [0, 0.05) is 12.6 Å². The number of nitriles is 1. The molecule has 2 rings (SSSR count). The second kappa shape index (κ2) is 9.38. The van der Waals surface area contributed by atoms with E-state index in [2.05, 4.69) is 6.07 Å². The minimum Gasteiger partial charge on any atom is -0.395 e. The van der Waals surface area contributed by atoms with Gasteiger partial charge in [-0.15, -0.1) is 0 Å². The lowest BCUT2D eigenvalue weighted by atomic mass is 10.1. The lowest BCUT2D eigenvalue weighted by Crippen LogP contribution is -2.35. The highest BCUT2D eigenvalue weighted by atomic mass is 16.3. The molecule has 25 heavy (non-hydrogen) atoms. The van der Waals surface area contributed by atoms with Crippen molar-refractivity contribution < 1.29 is 15.0 Å². The summed E-state index contributed by atoms with van der Waals surface area (Å²) in [6.45, 7) is -0.00349. The Hall–Kier alpha value is -2.94. The smallest absolute Gasteiger partial charge is 0.246 e. The van der Waals surface area contributed by atoms with Gasteiger partial charge in [-0.2, -0.15) is 5.26 Å². The molecule has 128 valence electrons. The first-order chi connectivity index (χ1) is 12.2. The molecular formula is C20H20N2O3. The zero-order valence-corrected chi connectivity index (χ0v) is 13.7. The SMILES string of the molecule is N#Cc1ccccc1/C=C/C(=O)N(CCO)CC(O)c1ccccc1. The number of amides is 1. The molecule has 0 heterocycles. The average Bonchev–Trinajstić information content (AvgIpc) is 2.66. The van der Waals surface area contributed by atoms with Gasteiger partial charge >= 0.3 is 0 Å². The van der Waals surface area contributed by atoms with Crippen molar-refractivity contribution in [3.05, 3.63) is 77.4 Å². The number of aliphatic hydroxyl groups excluding tert-OH is 2. The van der Waals surface area contributed by atoms with Crippen LogP contribution in [-0.2, 0) is 4.79 Å². The molecule has 2 aromatic carbocycles. The third kappa shape index (κ3) is 5.28. The largest absolute Gasteiger partial charge is 0.395 e. The van der Waals surface area contributed by atoms with Crippen molar-refractivity contribution in [3.63, 3.8) is 0 Å². The summed E-state index contributed by atoms with van der Waals surface area (Å²) in [6, 6.07) is 18.1. The first-order valence-electron chi connectivity index (χ1n) is 7.95. The molecule has 1 amide bonds. The summed E-state index contributed by atoms with van der Waals surface area (Å²) in [5, 5.41) is 28.6. The van der Waals surface area contributed by atoms with Crippen molar-refractivity contribution in [3.8, 4) is 6.07 Å². The van der Waals surface area contributed by atoms with Crippen molar-refractivity contribution in [2.45, 2.75) is 6.10 Å². The predicted octanol–water partition coefficient (Wildman–Crippen LogP) is 2.13. The van der Waals surface area contributed by atoms with E-state index in [1.807, 2.05) is 18.2 Å². The van der Waals surface area contributed by atoms with Crippen LogP contribution >= 0.6 is 0 Å². The first kappa shape index (κ1) is 18.4. The highest BCUT2D eigenvalue weighted by Crippen LogP contribution is 2.15. The van der Waals surface area contributed by atoms with Crippen LogP contribution in [-0.4, -0.2) is 40.7 Å². The highest BCUT2D eigenvalue weighted by Gasteiger charge is 2.16. The molecule has 5 nitrogen and oxygen atoms in total. The second-order valence-corrected chi connectivity index (χ2v) is 5.47. The normalized spacial score (nSPS) is 11.9. The van der Waals surface area contributed by atoms with Crippen LogP contribution in [0, 0.1) is 11.3 Å². The van der Waals surface area contributed by atoms with Crippen LogP contribution in [0.3, 0.4) is 0 Å². The molecule has 0 aromatic heterocycles. The molecule has 5 heteroatoms. The molecular weight excluding hydrogens is 316 g/mol. The van der Waals surface area contributed by atoms with Gasteiger partial charge in [0.25, 0.3) is 0 Å². The number of aliphatic hydroxyl groups is 2. The molecule has 0 aliphatic rings. The summed E-state index contributed by atoms with van der Waals surface area (Å²) in [5.41, 5.74) is 1.83. The highest BCUT2D eigenvalue weighted by molar-refractivity contribution is 5.92. The molecule has 0 radical (unpaired) electrons. The molecule has 2 N–H and O–H groups in total. The number of rotatable bonds is 7. The Morgan fingerprint density at radius 3 is 2.52 bits per heavy atom. The van der Waals surface area contributed by atoms with Gasteiger partial charge in [0.2, 0.25) is 5.91 Å². The molecule has 2 aromatic rings. The molecule has 1 atom stereocenters. The van der Waals surface area contributed by atoms with Gasteiger partial charge in [-0.1, -0.05) is 48.5 Å². The lowest BCUT2D eigenvalue weighted by Gasteiger charge is -2.23. The van der Waals surface area contributed by atoms with Crippen LogP contribution in [0.15, 0.2) is 60.7 Å². The fourth-order valence-corrected chi connectivity index (χ4v) is 2.41. The molecule has 0 aliphatic carbocycles. The van der Waals surface area contributed by atoms with E-state index in [0.717, 1.165) is 0 Å². The first-order valence-corrected chi connectivity index (χ1v) is 7.95. The van der Waals surface area contributed by atoms with Gasteiger partial charge in [0.05, 0.1) is 30.9 Å². The van der Waals surface area contributed by atoms with E-state index < -0.39 is 6.10 Å². The summed E-state index contributed by atoms with van der Waals surface area (Å²) < 4.78 is 0. The Labute approximate surface area is 147 Å². The standard InChI is InChI=1S/C20H20N2O3/c21-14-18-9-5-4-6-16(18)10-11-20(25)22(12-13-23)15-19(24)17-7-2-1-3-8-17/h1-11,19,23-24H,12-13,15H2/b11-10+. The number of carbonyl (C=O) groups is 1. The van der Waals surface area contributed by atoms with Crippen LogP contribution in [0.2, 0.25) is 0 Å². The minimum atomic E-state index is -0.837. The number of hydrogen-bond donors (Lipinski definition) is 2. The van der Waals surface area contributed by atoms with Crippen molar-refractivity contribution in [1.29, 1.82) is 5.26 Å². The Kier molecular flexibility index (Phi) is 6.90. The number of hydrogen-bond acceptors (Lipinski definition) is 4. The molecule has 0 spiro atoms. The van der Waals surface area contributed by atoms with Gasteiger partial charge in [-0.05, 0) is 23.3 Å². The van der Waals surface area contributed by atoms with Crippen molar-refractivity contribution in [2.75, 3.05) is 19.7 Å². The topological polar surface area (TPSA) is 84.6 Å². The van der Waals surface area contributed by atoms with E-state index in [9.17, 15) is 15.0 Å². The van der Waals surface area contributed by atoms with Gasteiger partial charge in [-0.3, -0.25) is 4.79 Å². The Bertz CT molecular complexity index is 766. The number of benzene rings is 2. The van der Waals surface area contributed by atoms with E-state index in [-0.39, 0.29) is 25.6 Å². The average molecular weight is 336 g/mol. The maximum Gasteiger partial charge on any atom is 0.246 e. The van der Waals surface area contributed by atoms with Crippen LogP contribution in [0.4, 0.5) is 0 Å². The Morgan fingerprint density at radius 1 is 1.16 bits per heavy atom. The summed E-state index contributed by atoms with van der Waals surface area (Å²) >= 11 is 0. The third-order valence-electron chi connectivity index (χ3n) is 3.75. The number of nitrogens with zero attached hydrogens (tertiary/aromatic N) is 2. The maximum atomic E-state index is 12.4. The van der Waals surface area contributed by atoms with Gasteiger partial charge < -0.3 is 15.1 Å². The third-order valence-corrected chi connectivity index (χ3v) is 3.75. The minimum absolute atomic E-state index is 0.0770. The van der Waals surface area contributed by atoms with Crippen molar-refractivity contribution >= 4 is 12.0 Å². The van der Waals surface area contributed by atoms with Crippen LogP contribution in [0.1, 0.15) is 22.8 Å². The molecule has 0 aliphatic heterocycles. The molecule has 0 fully saturated rings. The molecule has 0 bridgehead atoms. The number of carbonyl (C=O) groups excluding carboxylic acids is 1. The quantitative estimate of drug-likeness (QED) is 0.759. The fraction of sp³-hybridized carbons (Fsp3) is 0.200. The van der Waals surface area contributed by atoms with Gasteiger partial charge in [0.15, 0.2) is 0 Å². The summed E-state index contributed by atoms with van der Waals surface area (Å²) in [7, 11) is 0. The Morgan fingerprint density at radius 2 is 1.84 bits per heavy atom. The van der Waals surface area contributed by atoms with E-state index in [1.54, 1.807) is 42.5 Å². The van der Waals surface area contributed by atoms with Crippen LogP contribution in [0.25, 0.3) is 6.08 Å². The van der Waals surface area contributed by atoms with E-state index in [1.165, 1.54) is 11.0 Å².